The summed E-state index contributed by atoms with van der Waals surface area (Å²) in [5.41, 5.74) is 3.03. The zero-order chi connectivity index (χ0) is 18.1. The first kappa shape index (κ1) is 16.8. The molecule has 1 unspecified atom stereocenters. The second-order valence-electron chi connectivity index (χ2n) is 6.69. The third-order valence-electron chi connectivity index (χ3n) is 4.89. The molecule has 2 aliphatic heterocycles. The molecule has 0 spiro atoms. The molecule has 7 heteroatoms. The molecule has 0 radical (unpaired) electrons. The molecule has 0 aliphatic carbocycles. The number of hydrogen-bond acceptors (Lipinski definition) is 6. The topological polar surface area (TPSA) is 79.4 Å². The van der Waals surface area contributed by atoms with Crippen LogP contribution in [0, 0.1) is 6.92 Å². The number of nitrogens with one attached hydrogen (secondary N) is 2. The molecule has 136 valence electrons. The van der Waals surface area contributed by atoms with Gasteiger partial charge < -0.3 is 20.3 Å². The summed E-state index contributed by atoms with van der Waals surface area (Å²) >= 11 is 0. The summed E-state index contributed by atoms with van der Waals surface area (Å²) in [7, 11) is 1.62. The van der Waals surface area contributed by atoms with Gasteiger partial charge in [0.1, 0.15) is 17.4 Å². The lowest BCUT2D eigenvalue weighted by atomic mass is 10.1. The summed E-state index contributed by atoms with van der Waals surface area (Å²) in [5, 5.41) is 6.84. The zero-order valence-electron chi connectivity index (χ0n) is 15.1. The van der Waals surface area contributed by atoms with Gasteiger partial charge in [-0.15, -0.1) is 0 Å². The largest absolute Gasteiger partial charge is 0.495 e. The van der Waals surface area contributed by atoms with E-state index >= 15 is 0 Å². The average molecular weight is 353 g/mol. The molecule has 4 rings (SSSR count). The highest BCUT2D eigenvalue weighted by atomic mass is 16.5. The minimum Gasteiger partial charge on any atom is -0.495 e. The molecule has 0 saturated carbocycles. The number of amides is 1. The van der Waals surface area contributed by atoms with Gasteiger partial charge in [-0.1, -0.05) is 12.1 Å². The molecule has 2 aromatic rings. The predicted octanol–water partition coefficient (Wildman–Crippen LogP) is 1.66. The molecule has 1 aromatic heterocycles. The van der Waals surface area contributed by atoms with Gasteiger partial charge in [0.25, 0.3) is 0 Å². The van der Waals surface area contributed by atoms with Crippen molar-refractivity contribution < 1.29 is 9.53 Å². The van der Waals surface area contributed by atoms with E-state index in [2.05, 4.69) is 20.6 Å². The quantitative estimate of drug-likeness (QED) is 0.870. The first-order valence-corrected chi connectivity index (χ1v) is 8.92. The van der Waals surface area contributed by atoms with Crippen molar-refractivity contribution in [2.24, 2.45) is 0 Å². The van der Waals surface area contributed by atoms with Crippen molar-refractivity contribution in [1.29, 1.82) is 0 Å². The van der Waals surface area contributed by atoms with Crippen LogP contribution in [0.4, 0.5) is 11.5 Å². The van der Waals surface area contributed by atoms with E-state index in [-0.39, 0.29) is 11.9 Å². The summed E-state index contributed by atoms with van der Waals surface area (Å²) in [6.45, 7) is 4.19. The summed E-state index contributed by atoms with van der Waals surface area (Å²) in [6, 6.07) is 7.63. The first-order chi connectivity index (χ1) is 12.7. The normalized spacial score (nSPS) is 19.4. The van der Waals surface area contributed by atoms with E-state index in [0.717, 1.165) is 48.1 Å². The highest BCUT2D eigenvalue weighted by molar-refractivity contribution is 5.98. The fourth-order valence-corrected chi connectivity index (χ4v) is 3.69. The number of anilines is 2. The zero-order valence-corrected chi connectivity index (χ0v) is 15.1. The maximum absolute atomic E-state index is 12.6. The Hall–Kier alpha value is -2.67. The van der Waals surface area contributed by atoms with Crippen molar-refractivity contribution in [1.82, 2.24) is 15.3 Å². The van der Waals surface area contributed by atoms with E-state index < -0.39 is 0 Å². The molecule has 1 amide bonds. The molecule has 1 fully saturated rings. The van der Waals surface area contributed by atoms with E-state index in [1.165, 1.54) is 0 Å². The Kier molecular flexibility index (Phi) is 4.46. The molecule has 7 nitrogen and oxygen atoms in total. The number of nitrogens with zero attached hydrogens (tertiary/aromatic N) is 3. The number of rotatable bonds is 4. The maximum atomic E-state index is 12.6. The summed E-state index contributed by atoms with van der Waals surface area (Å²) in [4.78, 5) is 23.5. The molecular formula is C19H23N5O2. The number of hydrogen-bond donors (Lipinski definition) is 2. The fraction of sp³-hybridized carbons (Fsp3) is 0.421. The van der Waals surface area contributed by atoms with Gasteiger partial charge in [0.15, 0.2) is 0 Å². The second-order valence-corrected chi connectivity index (χ2v) is 6.69. The number of methoxy groups -OCH3 is 1. The number of para-hydroxylation sites is 2. The van der Waals surface area contributed by atoms with Gasteiger partial charge in [-0.25, -0.2) is 9.97 Å². The molecule has 3 heterocycles. The standard InChI is InChI=1S/C19H23N5O2/c1-12-21-15-10-20-8-7-14(15)19(22-12)23-13-9-18(25)24(11-13)16-5-3-4-6-17(16)26-2/h3-6,13,20H,7-11H2,1-2H3,(H,21,22,23). The van der Waals surface area contributed by atoms with Crippen LogP contribution in [-0.4, -0.2) is 42.1 Å². The fourth-order valence-electron chi connectivity index (χ4n) is 3.69. The van der Waals surface area contributed by atoms with E-state index in [1.54, 1.807) is 12.0 Å². The van der Waals surface area contributed by atoms with Gasteiger partial charge in [-0.2, -0.15) is 0 Å². The summed E-state index contributed by atoms with van der Waals surface area (Å²) in [5.74, 6) is 2.42. The van der Waals surface area contributed by atoms with Crippen LogP contribution in [0.25, 0.3) is 0 Å². The van der Waals surface area contributed by atoms with Crippen molar-refractivity contribution in [3.05, 3.63) is 41.3 Å². The van der Waals surface area contributed by atoms with Gasteiger partial charge in [0.05, 0.1) is 24.5 Å². The van der Waals surface area contributed by atoms with E-state index in [4.69, 9.17) is 4.74 Å². The summed E-state index contributed by atoms with van der Waals surface area (Å²) in [6.07, 6.45) is 1.34. The van der Waals surface area contributed by atoms with Crippen LogP contribution in [-0.2, 0) is 17.8 Å². The Bertz CT molecular complexity index is 839. The third kappa shape index (κ3) is 3.10. The smallest absolute Gasteiger partial charge is 0.229 e. The van der Waals surface area contributed by atoms with Crippen molar-refractivity contribution >= 4 is 17.4 Å². The second kappa shape index (κ2) is 6.92. The molecule has 1 aromatic carbocycles. The molecule has 26 heavy (non-hydrogen) atoms. The SMILES string of the molecule is COc1ccccc1N1CC(Nc2nc(C)nc3c2CCNC3)CC1=O. The van der Waals surface area contributed by atoms with Crippen molar-refractivity contribution in [2.75, 3.05) is 30.4 Å². The predicted molar refractivity (Wildman–Crippen MR) is 99.6 cm³/mol. The van der Waals surface area contributed by atoms with Crippen molar-refractivity contribution in [3.63, 3.8) is 0 Å². The monoisotopic (exact) mass is 353 g/mol. The number of ether oxygens (including phenoxy) is 1. The maximum Gasteiger partial charge on any atom is 0.229 e. The number of fused-ring (bicyclic) bond motifs is 1. The van der Waals surface area contributed by atoms with Gasteiger partial charge >= 0.3 is 0 Å². The molecule has 2 aliphatic rings. The Balaban J connectivity index is 1.56. The molecule has 1 saturated heterocycles. The number of carbonyl (C=O) groups excluding carboxylic acids is 1. The van der Waals surface area contributed by atoms with Crippen LogP contribution < -0.4 is 20.3 Å². The first-order valence-electron chi connectivity index (χ1n) is 8.92. The highest BCUT2D eigenvalue weighted by Gasteiger charge is 2.33. The van der Waals surface area contributed by atoms with Crippen LogP contribution in [0.1, 0.15) is 23.5 Å². The van der Waals surface area contributed by atoms with Crippen LogP contribution in [0.3, 0.4) is 0 Å². The number of aromatic nitrogens is 2. The summed E-state index contributed by atoms with van der Waals surface area (Å²) < 4.78 is 5.41. The lowest BCUT2D eigenvalue weighted by molar-refractivity contribution is -0.117. The van der Waals surface area contributed by atoms with Crippen molar-refractivity contribution in [2.45, 2.75) is 32.4 Å². The average Bonchev–Trinajstić information content (AvgIpc) is 3.01. The van der Waals surface area contributed by atoms with Gasteiger partial charge in [-0.3, -0.25) is 4.79 Å². The number of benzene rings is 1. The lowest BCUT2D eigenvalue weighted by Gasteiger charge is -2.23. The Labute approximate surface area is 152 Å². The lowest BCUT2D eigenvalue weighted by Crippen LogP contribution is -2.30. The van der Waals surface area contributed by atoms with Crippen LogP contribution >= 0.6 is 0 Å². The van der Waals surface area contributed by atoms with E-state index in [1.807, 2.05) is 31.2 Å². The number of carbonyl (C=O) groups is 1. The van der Waals surface area contributed by atoms with Crippen LogP contribution in [0.5, 0.6) is 5.75 Å². The van der Waals surface area contributed by atoms with Crippen molar-refractivity contribution in [3.8, 4) is 5.75 Å². The minimum atomic E-state index is 0.0145. The molecule has 1 atom stereocenters. The molecule has 2 N–H and O–H groups in total. The Morgan fingerprint density at radius 1 is 1.31 bits per heavy atom. The van der Waals surface area contributed by atoms with E-state index in [9.17, 15) is 4.79 Å². The Morgan fingerprint density at radius 3 is 3.00 bits per heavy atom. The number of aryl methyl sites for hydroxylation is 1. The van der Waals surface area contributed by atoms with Gasteiger partial charge in [0, 0.05) is 25.1 Å². The Morgan fingerprint density at radius 2 is 2.15 bits per heavy atom. The third-order valence-corrected chi connectivity index (χ3v) is 4.89. The molecular weight excluding hydrogens is 330 g/mol. The van der Waals surface area contributed by atoms with Gasteiger partial charge in [0.2, 0.25) is 5.91 Å². The highest BCUT2D eigenvalue weighted by Crippen LogP contribution is 2.32. The molecule has 0 bridgehead atoms. The van der Waals surface area contributed by atoms with Gasteiger partial charge in [-0.05, 0) is 32.0 Å². The minimum absolute atomic E-state index is 0.0145. The van der Waals surface area contributed by atoms with E-state index in [0.29, 0.717) is 18.7 Å². The van der Waals surface area contributed by atoms with Crippen LogP contribution in [0.2, 0.25) is 0 Å². The van der Waals surface area contributed by atoms with Crippen LogP contribution in [0.15, 0.2) is 24.3 Å².